The van der Waals surface area contributed by atoms with Gasteiger partial charge in [0.15, 0.2) is 5.82 Å². The number of pyridine rings is 1. The highest BCUT2D eigenvalue weighted by molar-refractivity contribution is 6.33. The molecule has 31 heavy (non-hydrogen) atoms. The van der Waals surface area contributed by atoms with Crippen molar-refractivity contribution in [2.75, 3.05) is 0 Å². The van der Waals surface area contributed by atoms with Crippen molar-refractivity contribution in [3.8, 4) is 11.3 Å². The summed E-state index contributed by atoms with van der Waals surface area (Å²) in [7, 11) is 0. The minimum absolute atomic E-state index is 0.0346. The molecule has 0 bridgehead atoms. The lowest BCUT2D eigenvalue weighted by Gasteiger charge is -2.11. The van der Waals surface area contributed by atoms with Crippen LogP contribution in [-0.2, 0) is 6.18 Å². The molecule has 156 valence electrons. The number of aromatic nitrogens is 2. The number of aromatic carboxylic acids is 1. The minimum atomic E-state index is -4.71. The standard InChI is InChI=1S/C22H12ClF3N2O3/c23-16-11-12(21(30)31)8-9-14(16)18-17-7-3-4-10-28(17)20(27-18)19(29)13-5-1-2-6-15(13)22(24,25)26/h1-11H,(H,30,31). The summed E-state index contributed by atoms with van der Waals surface area (Å²) in [5.74, 6) is -2.29. The van der Waals surface area contributed by atoms with Gasteiger partial charge < -0.3 is 5.11 Å². The number of nitrogens with zero attached hydrogens (tertiary/aromatic N) is 2. The quantitative estimate of drug-likeness (QED) is 0.416. The van der Waals surface area contributed by atoms with Crippen LogP contribution in [0.15, 0.2) is 66.9 Å². The lowest BCUT2D eigenvalue weighted by molar-refractivity contribution is -0.137. The predicted octanol–water partition coefficient (Wildman–Crippen LogP) is 5.60. The molecule has 0 fully saturated rings. The summed E-state index contributed by atoms with van der Waals surface area (Å²) in [6, 6.07) is 13.4. The zero-order valence-electron chi connectivity index (χ0n) is 15.5. The van der Waals surface area contributed by atoms with Crippen molar-refractivity contribution in [2.45, 2.75) is 6.18 Å². The maximum Gasteiger partial charge on any atom is 0.417 e. The SMILES string of the molecule is O=C(O)c1ccc(-c2nc(C(=O)c3ccccc3C(F)(F)F)n3ccccc23)c(Cl)c1. The van der Waals surface area contributed by atoms with Gasteiger partial charge >= 0.3 is 12.1 Å². The van der Waals surface area contributed by atoms with Crippen LogP contribution < -0.4 is 0 Å². The average molecular weight is 445 g/mol. The molecular formula is C22H12ClF3N2O3. The fourth-order valence-electron chi connectivity index (χ4n) is 3.29. The monoisotopic (exact) mass is 444 g/mol. The number of carboxylic acid groups (broad SMARTS) is 1. The summed E-state index contributed by atoms with van der Waals surface area (Å²) in [6.45, 7) is 0. The van der Waals surface area contributed by atoms with E-state index in [1.807, 2.05) is 0 Å². The number of benzene rings is 2. The van der Waals surface area contributed by atoms with E-state index in [9.17, 15) is 22.8 Å². The van der Waals surface area contributed by atoms with Gasteiger partial charge in [0.2, 0.25) is 5.78 Å². The first-order valence-electron chi connectivity index (χ1n) is 8.89. The van der Waals surface area contributed by atoms with E-state index in [0.717, 1.165) is 12.1 Å². The number of rotatable bonds is 4. The van der Waals surface area contributed by atoms with Gasteiger partial charge in [0.05, 0.1) is 27.4 Å². The molecule has 2 aromatic heterocycles. The van der Waals surface area contributed by atoms with Gasteiger partial charge in [0.25, 0.3) is 0 Å². The van der Waals surface area contributed by atoms with Crippen molar-refractivity contribution in [2.24, 2.45) is 0 Å². The van der Waals surface area contributed by atoms with E-state index in [0.29, 0.717) is 11.1 Å². The van der Waals surface area contributed by atoms with Crippen molar-refractivity contribution >= 4 is 28.9 Å². The Morgan fingerprint density at radius 3 is 2.39 bits per heavy atom. The minimum Gasteiger partial charge on any atom is -0.478 e. The van der Waals surface area contributed by atoms with Crippen LogP contribution in [0.4, 0.5) is 13.2 Å². The number of carbonyl (C=O) groups excluding carboxylic acids is 1. The van der Waals surface area contributed by atoms with Crippen LogP contribution in [0.25, 0.3) is 16.8 Å². The number of carbonyl (C=O) groups is 2. The summed E-state index contributed by atoms with van der Waals surface area (Å²) >= 11 is 6.25. The Balaban J connectivity index is 1.92. The average Bonchev–Trinajstić information content (AvgIpc) is 3.12. The van der Waals surface area contributed by atoms with Gasteiger partial charge in [-0.15, -0.1) is 0 Å². The Morgan fingerprint density at radius 2 is 1.71 bits per heavy atom. The van der Waals surface area contributed by atoms with Gasteiger partial charge in [-0.05, 0) is 30.3 Å². The van der Waals surface area contributed by atoms with E-state index in [1.165, 1.54) is 40.9 Å². The van der Waals surface area contributed by atoms with Gasteiger partial charge in [-0.3, -0.25) is 9.20 Å². The van der Waals surface area contributed by atoms with E-state index in [1.54, 1.807) is 18.2 Å². The normalized spacial score (nSPS) is 11.6. The Labute approximate surface area is 178 Å². The van der Waals surface area contributed by atoms with Gasteiger partial charge in [-0.1, -0.05) is 41.9 Å². The van der Waals surface area contributed by atoms with Crippen LogP contribution in [0.2, 0.25) is 5.02 Å². The van der Waals surface area contributed by atoms with Crippen molar-refractivity contribution in [3.05, 3.63) is 94.4 Å². The highest BCUT2D eigenvalue weighted by atomic mass is 35.5. The number of ketones is 1. The van der Waals surface area contributed by atoms with Gasteiger partial charge in [-0.2, -0.15) is 13.2 Å². The Morgan fingerprint density at radius 1 is 1.00 bits per heavy atom. The lowest BCUT2D eigenvalue weighted by Crippen LogP contribution is -2.15. The molecule has 0 aliphatic rings. The third kappa shape index (κ3) is 3.66. The first-order chi connectivity index (χ1) is 14.7. The molecule has 0 saturated carbocycles. The maximum absolute atomic E-state index is 13.4. The van der Waals surface area contributed by atoms with E-state index < -0.39 is 29.1 Å². The van der Waals surface area contributed by atoms with Crippen molar-refractivity contribution in [1.29, 1.82) is 0 Å². The molecule has 0 amide bonds. The van der Waals surface area contributed by atoms with E-state index in [4.69, 9.17) is 16.7 Å². The second-order valence-electron chi connectivity index (χ2n) is 6.61. The van der Waals surface area contributed by atoms with Crippen molar-refractivity contribution in [1.82, 2.24) is 9.38 Å². The molecule has 5 nitrogen and oxygen atoms in total. The number of imidazole rings is 1. The third-order valence-electron chi connectivity index (χ3n) is 4.70. The molecule has 1 N–H and O–H groups in total. The summed E-state index contributed by atoms with van der Waals surface area (Å²) in [5, 5.41) is 9.20. The zero-order valence-corrected chi connectivity index (χ0v) is 16.3. The highest BCUT2D eigenvalue weighted by Crippen LogP contribution is 2.35. The summed E-state index contributed by atoms with van der Waals surface area (Å²) < 4.78 is 41.6. The van der Waals surface area contributed by atoms with Gasteiger partial charge in [0.1, 0.15) is 0 Å². The molecule has 4 rings (SSSR count). The zero-order chi connectivity index (χ0) is 22.3. The van der Waals surface area contributed by atoms with Crippen LogP contribution in [0.3, 0.4) is 0 Å². The fraction of sp³-hybridized carbons (Fsp3) is 0.0455. The number of halogens is 4. The van der Waals surface area contributed by atoms with E-state index >= 15 is 0 Å². The molecule has 0 spiro atoms. The molecule has 0 saturated heterocycles. The summed E-state index contributed by atoms with van der Waals surface area (Å²) in [4.78, 5) is 28.6. The topological polar surface area (TPSA) is 71.7 Å². The van der Waals surface area contributed by atoms with Crippen molar-refractivity contribution in [3.63, 3.8) is 0 Å². The lowest BCUT2D eigenvalue weighted by atomic mass is 10.0. The largest absolute Gasteiger partial charge is 0.478 e. The number of fused-ring (bicyclic) bond motifs is 1. The second-order valence-corrected chi connectivity index (χ2v) is 7.02. The smallest absolute Gasteiger partial charge is 0.417 e. The molecular weight excluding hydrogens is 433 g/mol. The molecule has 0 aliphatic heterocycles. The van der Waals surface area contributed by atoms with Gasteiger partial charge in [-0.25, -0.2) is 9.78 Å². The van der Waals surface area contributed by atoms with Gasteiger partial charge in [0, 0.05) is 17.3 Å². The first kappa shape index (κ1) is 20.6. The molecule has 2 aromatic carbocycles. The molecule has 0 radical (unpaired) electrons. The van der Waals surface area contributed by atoms with Crippen LogP contribution in [-0.4, -0.2) is 26.2 Å². The van der Waals surface area contributed by atoms with Crippen LogP contribution >= 0.6 is 11.6 Å². The number of hydrogen-bond donors (Lipinski definition) is 1. The number of alkyl halides is 3. The Hall–Kier alpha value is -3.65. The van der Waals surface area contributed by atoms with Crippen LogP contribution in [0.5, 0.6) is 0 Å². The van der Waals surface area contributed by atoms with Crippen molar-refractivity contribution < 1.29 is 27.9 Å². The van der Waals surface area contributed by atoms with E-state index in [-0.39, 0.29) is 22.1 Å². The van der Waals surface area contributed by atoms with E-state index in [2.05, 4.69) is 4.98 Å². The summed E-state index contributed by atoms with van der Waals surface area (Å²) in [5.41, 5.74) is -0.593. The molecule has 9 heteroatoms. The third-order valence-corrected chi connectivity index (χ3v) is 5.01. The van der Waals surface area contributed by atoms with Crippen LogP contribution in [0, 0.1) is 0 Å². The Kier molecular flexibility index (Phi) is 5.02. The molecule has 0 unspecified atom stereocenters. The predicted molar refractivity (Wildman–Crippen MR) is 107 cm³/mol. The Bertz CT molecular complexity index is 1350. The fourth-order valence-corrected chi connectivity index (χ4v) is 3.56. The molecule has 0 aliphatic carbocycles. The molecule has 4 aromatic rings. The molecule has 0 atom stereocenters. The van der Waals surface area contributed by atoms with Crippen LogP contribution in [0.1, 0.15) is 32.1 Å². The highest BCUT2D eigenvalue weighted by Gasteiger charge is 2.36. The first-order valence-corrected chi connectivity index (χ1v) is 9.27. The second kappa shape index (κ2) is 7.55. The molecule has 2 heterocycles. The number of hydrogen-bond acceptors (Lipinski definition) is 3. The maximum atomic E-state index is 13.4. The number of carboxylic acids is 1. The summed E-state index contributed by atoms with van der Waals surface area (Å²) in [6.07, 6.45) is -3.20.